The lowest BCUT2D eigenvalue weighted by atomic mass is 10.0. The van der Waals surface area contributed by atoms with Gasteiger partial charge in [0.1, 0.15) is 0 Å². The van der Waals surface area contributed by atoms with Gasteiger partial charge in [-0.15, -0.1) is 0 Å². The van der Waals surface area contributed by atoms with Crippen LogP contribution in [0.15, 0.2) is 18.7 Å². The lowest BCUT2D eigenvalue weighted by molar-refractivity contribution is 0.175. The zero-order valence-electron chi connectivity index (χ0n) is 10.8. The Bertz CT molecular complexity index is 296. The zero-order chi connectivity index (χ0) is 11.9. The Balaban J connectivity index is 1.53. The summed E-state index contributed by atoms with van der Waals surface area (Å²) < 4.78 is 2.11. The third kappa shape index (κ3) is 4.13. The third-order valence-corrected chi connectivity index (χ3v) is 3.68. The van der Waals surface area contributed by atoms with Gasteiger partial charge in [-0.2, -0.15) is 0 Å². The summed E-state index contributed by atoms with van der Waals surface area (Å²) in [5.41, 5.74) is 0. The van der Waals surface area contributed by atoms with E-state index >= 15 is 0 Å². The summed E-state index contributed by atoms with van der Waals surface area (Å²) in [5.74, 6) is 0. The van der Waals surface area contributed by atoms with Gasteiger partial charge in [-0.1, -0.05) is 6.42 Å². The second-order valence-corrected chi connectivity index (χ2v) is 4.97. The summed E-state index contributed by atoms with van der Waals surface area (Å²) in [6.45, 7) is 4.46. The van der Waals surface area contributed by atoms with E-state index in [1.54, 1.807) is 0 Å². The van der Waals surface area contributed by atoms with E-state index in [1.807, 2.05) is 18.7 Å². The molecule has 96 valence electrons. The summed E-state index contributed by atoms with van der Waals surface area (Å²) >= 11 is 0. The van der Waals surface area contributed by atoms with Gasteiger partial charge < -0.3 is 14.8 Å². The van der Waals surface area contributed by atoms with Crippen molar-refractivity contribution in [1.29, 1.82) is 0 Å². The third-order valence-electron chi connectivity index (χ3n) is 3.68. The molecule has 4 nitrogen and oxygen atoms in total. The normalized spacial score (nSPS) is 21.8. The molecule has 1 aliphatic rings. The largest absolute Gasteiger partial charge is 0.336 e. The molecule has 0 aliphatic carbocycles. The van der Waals surface area contributed by atoms with Crippen molar-refractivity contribution in [3.05, 3.63) is 18.7 Å². The van der Waals surface area contributed by atoms with Crippen LogP contribution in [0.2, 0.25) is 0 Å². The molecule has 1 atom stereocenters. The van der Waals surface area contributed by atoms with Gasteiger partial charge in [-0.3, -0.25) is 0 Å². The minimum absolute atomic E-state index is 0.796. The molecule has 0 spiro atoms. The first-order valence-electron chi connectivity index (χ1n) is 6.73. The van der Waals surface area contributed by atoms with Gasteiger partial charge in [0, 0.05) is 31.5 Å². The Morgan fingerprint density at radius 3 is 3.06 bits per heavy atom. The Labute approximate surface area is 104 Å². The standard InChI is InChI=1S/C13H24N4/c1-16-9-3-2-4-13(16)5-6-14-7-10-17-11-8-15-12-17/h8,11-14H,2-7,9-10H2,1H3. The molecule has 0 saturated carbocycles. The van der Waals surface area contributed by atoms with Crippen molar-refractivity contribution in [3.8, 4) is 0 Å². The van der Waals surface area contributed by atoms with E-state index in [-0.39, 0.29) is 0 Å². The molecule has 1 unspecified atom stereocenters. The summed E-state index contributed by atoms with van der Waals surface area (Å²) in [4.78, 5) is 6.55. The summed E-state index contributed by atoms with van der Waals surface area (Å²) in [6.07, 6.45) is 11.1. The van der Waals surface area contributed by atoms with Crippen LogP contribution in [-0.2, 0) is 6.54 Å². The lowest BCUT2D eigenvalue weighted by Crippen LogP contribution is -2.38. The van der Waals surface area contributed by atoms with E-state index in [2.05, 4.69) is 26.8 Å². The molecule has 4 heteroatoms. The van der Waals surface area contributed by atoms with Gasteiger partial charge in [0.25, 0.3) is 0 Å². The topological polar surface area (TPSA) is 33.1 Å². The Morgan fingerprint density at radius 2 is 2.29 bits per heavy atom. The first-order chi connectivity index (χ1) is 8.36. The van der Waals surface area contributed by atoms with Crippen molar-refractivity contribution in [1.82, 2.24) is 19.8 Å². The molecule has 1 fully saturated rings. The van der Waals surface area contributed by atoms with Crippen LogP contribution in [0.25, 0.3) is 0 Å². The molecule has 1 aromatic heterocycles. The number of aromatic nitrogens is 2. The molecular formula is C13H24N4. The molecule has 0 radical (unpaired) electrons. The van der Waals surface area contributed by atoms with Crippen molar-refractivity contribution in [2.75, 3.05) is 26.7 Å². The van der Waals surface area contributed by atoms with Crippen molar-refractivity contribution < 1.29 is 0 Å². The highest BCUT2D eigenvalue weighted by molar-refractivity contribution is 4.76. The van der Waals surface area contributed by atoms with Gasteiger partial charge in [0.2, 0.25) is 0 Å². The fraction of sp³-hybridized carbons (Fsp3) is 0.769. The molecule has 1 N–H and O–H groups in total. The van der Waals surface area contributed by atoms with Crippen LogP contribution in [-0.4, -0.2) is 47.2 Å². The molecule has 0 bridgehead atoms. The molecule has 0 amide bonds. The predicted molar refractivity (Wildman–Crippen MR) is 70.0 cm³/mol. The first-order valence-corrected chi connectivity index (χ1v) is 6.73. The number of rotatable bonds is 6. The van der Waals surface area contributed by atoms with E-state index < -0.39 is 0 Å². The maximum atomic E-state index is 4.03. The average Bonchev–Trinajstić information content (AvgIpc) is 2.84. The number of hydrogen-bond donors (Lipinski definition) is 1. The highest BCUT2D eigenvalue weighted by Gasteiger charge is 2.17. The predicted octanol–water partition coefficient (Wildman–Crippen LogP) is 1.35. The van der Waals surface area contributed by atoms with Crippen molar-refractivity contribution in [2.45, 2.75) is 38.3 Å². The van der Waals surface area contributed by atoms with Crippen LogP contribution in [0.4, 0.5) is 0 Å². The maximum absolute atomic E-state index is 4.03. The van der Waals surface area contributed by atoms with Gasteiger partial charge in [-0.25, -0.2) is 4.98 Å². The number of nitrogens with one attached hydrogen (secondary N) is 1. The number of imidazole rings is 1. The van der Waals surface area contributed by atoms with Crippen molar-refractivity contribution in [2.24, 2.45) is 0 Å². The molecular weight excluding hydrogens is 212 g/mol. The molecule has 2 rings (SSSR count). The van der Waals surface area contributed by atoms with Crippen LogP contribution < -0.4 is 5.32 Å². The van der Waals surface area contributed by atoms with E-state index in [4.69, 9.17) is 0 Å². The Morgan fingerprint density at radius 1 is 1.35 bits per heavy atom. The number of likely N-dealkylation sites (tertiary alicyclic amines) is 1. The molecule has 1 saturated heterocycles. The number of hydrogen-bond acceptors (Lipinski definition) is 3. The SMILES string of the molecule is CN1CCCCC1CCNCCn1ccnc1. The van der Waals surface area contributed by atoms with Crippen molar-refractivity contribution >= 4 is 0 Å². The second kappa shape index (κ2) is 6.77. The quantitative estimate of drug-likeness (QED) is 0.757. The van der Waals surface area contributed by atoms with Crippen LogP contribution in [0, 0.1) is 0 Å². The van der Waals surface area contributed by atoms with Gasteiger partial charge in [-0.05, 0) is 39.4 Å². The second-order valence-electron chi connectivity index (χ2n) is 4.97. The smallest absolute Gasteiger partial charge is 0.0946 e. The average molecular weight is 236 g/mol. The Hall–Kier alpha value is -0.870. The Kier molecular flexibility index (Phi) is 5.01. The van der Waals surface area contributed by atoms with E-state index in [0.29, 0.717) is 0 Å². The zero-order valence-corrected chi connectivity index (χ0v) is 10.8. The van der Waals surface area contributed by atoms with Gasteiger partial charge >= 0.3 is 0 Å². The van der Waals surface area contributed by atoms with Crippen LogP contribution in [0.5, 0.6) is 0 Å². The minimum atomic E-state index is 0.796. The van der Waals surface area contributed by atoms with Gasteiger partial charge in [0.05, 0.1) is 6.33 Å². The lowest BCUT2D eigenvalue weighted by Gasteiger charge is -2.32. The highest BCUT2D eigenvalue weighted by Crippen LogP contribution is 2.16. The molecule has 1 aromatic rings. The summed E-state index contributed by atoms with van der Waals surface area (Å²) in [5, 5.41) is 3.52. The van der Waals surface area contributed by atoms with E-state index in [9.17, 15) is 0 Å². The molecule has 17 heavy (non-hydrogen) atoms. The fourth-order valence-corrected chi connectivity index (χ4v) is 2.53. The molecule has 0 aromatic carbocycles. The van der Waals surface area contributed by atoms with Gasteiger partial charge in [0.15, 0.2) is 0 Å². The van der Waals surface area contributed by atoms with Crippen LogP contribution >= 0.6 is 0 Å². The van der Waals surface area contributed by atoms with Crippen molar-refractivity contribution in [3.63, 3.8) is 0 Å². The summed E-state index contributed by atoms with van der Waals surface area (Å²) in [6, 6.07) is 0.796. The first kappa shape index (κ1) is 12.6. The van der Waals surface area contributed by atoms with E-state index in [1.165, 1.54) is 32.2 Å². The van der Waals surface area contributed by atoms with Crippen LogP contribution in [0.3, 0.4) is 0 Å². The maximum Gasteiger partial charge on any atom is 0.0946 e. The van der Waals surface area contributed by atoms with Crippen LogP contribution in [0.1, 0.15) is 25.7 Å². The highest BCUT2D eigenvalue weighted by atomic mass is 15.1. The van der Waals surface area contributed by atoms with E-state index in [0.717, 1.165) is 25.7 Å². The number of piperidine rings is 1. The minimum Gasteiger partial charge on any atom is -0.336 e. The molecule has 2 heterocycles. The summed E-state index contributed by atoms with van der Waals surface area (Å²) in [7, 11) is 2.26. The number of nitrogens with zero attached hydrogens (tertiary/aromatic N) is 3. The fourth-order valence-electron chi connectivity index (χ4n) is 2.53. The monoisotopic (exact) mass is 236 g/mol. The molecule has 1 aliphatic heterocycles.